The van der Waals surface area contributed by atoms with E-state index in [4.69, 9.17) is 11.6 Å². The molecule has 0 aromatic carbocycles. The minimum Gasteiger partial charge on any atom is -0.296 e. The number of halogens is 1. The van der Waals surface area contributed by atoms with Crippen LogP contribution in [0.5, 0.6) is 0 Å². The molecule has 18 heavy (non-hydrogen) atoms. The van der Waals surface area contributed by atoms with Crippen LogP contribution in [0.4, 0.5) is 5.82 Å². The van der Waals surface area contributed by atoms with E-state index >= 15 is 0 Å². The van der Waals surface area contributed by atoms with Gasteiger partial charge in [0.25, 0.3) is 0 Å². The first-order chi connectivity index (χ1) is 8.56. The van der Waals surface area contributed by atoms with Crippen LogP contribution in [0, 0.1) is 5.92 Å². The molecule has 0 radical (unpaired) electrons. The van der Waals surface area contributed by atoms with Crippen molar-refractivity contribution in [1.82, 2.24) is 4.98 Å². The molecule has 1 atom stereocenters. The maximum atomic E-state index is 11.9. The lowest BCUT2D eigenvalue weighted by Crippen LogP contribution is -2.25. The second-order valence-electron chi connectivity index (χ2n) is 4.20. The molecule has 6 heteroatoms. The van der Waals surface area contributed by atoms with E-state index in [9.17, 15) is 9.59 Å². The fourth-order valence-electron chi connectivity index (χ4n) is 1.90. The molecule has 2 rings (SSSR count). The number of rotatable bonds is 3. The Balaban J connectivity index is 2.03. The number of nitrogens with zero attached hydrogens (tertiary/aromatic N) is 2. The lowest BCUT2D eigenvalue weighted by molar-refractivity contribution is -0.117. The van der Waals surface area contributed by atoms with Crippen molar-refractivity contribution < 1.29 is 9.59 Å². The zero-order chi connectivity index (χ0) is 13.1. The van der Waals surface area contributed by atoms with Crippen LogP contribution in [-0.2, 0) is 9.59 Å². The monoisotopic (exact) mass is 284 g/mol. The molecule has 1 aliphatic rings. The first-order valence-electron chi connectivity index (χ1n) is 5.62. The number of hydrogen-bond donors (Lipinski definition) is 0. The van der Waals surface area contributed by atoms with Gasteiger partial charge in [-0.05, 0) is 18.1 Å². The normalized spacial score (nSPS) is 19.3. The third-order valence-corrected chi connectivity index (χ3v) is 3.96. The van der Waals surface area contributed by atoms with Crippen LogP contribution in [0.25, 0.3) is 0 Å². The van der Waals surface area contributed by atoms with Gasteiger partial charge in [0, 0.05) is 25.6 Å². The van der Waals surface area contributed by atoms with Gasteiger partial charge in [-0.25, -0.2) is 4.98 Å². The number of anilines is 1. The molecule has 1 aliphatic heterocycles. The van der Waals surface area contributed by atoms with E-state index < -0.39 is 0 Å². The van der Waals surface area contributed by atoms with Crippen LogP contribution in [0.1, 0.15) is 13.3 Å². The second-order valence-corrected chi connectivity index (χ2v) is 5.78. The first kappa shape index (κ1) is 13.4. The van der Waals surface area contributed by atoms with Crippen molar-refractivity contribution >= 4 is 40.2 Å². The summed E-state index contributed by atoms with van der Waals surface area (Å²) in [5, 5.41) is 0.462. The Hall–Kier alpha value is -1.07. The van der Waals surface area contributed by atoms with E-state index in [-0.39, 0.29) is 16.9 Å². The van der Waals surface area contributed by atoms with Crippen LogP contribution in [0.15, 0.2) is 18.2 Å². The second kappa shape index (κ2) is 5.71. The quantitative estimate of drug-likeness (QED) is 0.800. The maximum absolute atomic E-state index is 11.9. The Morgan fingerprint density at radius 2 is 2.39 bits per heavy atom. The van der Waals surface area contributed by atoms with E-state index in [2.05, 4.69) is 4.98 Å². The van der Waals surface area contributed by atoms with Crippen LogP contribution in [0.3, 0.4) is 0 Å². The molecule has 1 fully saturated rings. The standard InChI is InChI=1S/C12H13ClN2O2S/c1-8(16)18-7-9-5-12(17)15(6-9)11-4-2-3-10(13)14-11/h2-4,9H,5-7H2,1H3. The van der Waals surface area contributed by atoms with Gasteiger partial charge in [0.15, 0.2) is 5.12 Å². The summed E-state index contributed by atoms with van der Waals surface area (Å²) in [5.41, 5.74) is 0. The van der Waals surface area contributed by atoms with Crippen molar-refractivity contribution in [1.29, 1.82) is 0 Å². The van der Waals surface area contributed by atoms with Gasteiger partial charge in [0.05, 0.1) is 0 Å². The van der Waals surface area contributed by atoms with Gasteiger partial charge < -0.3 is 0 Å². The summed E-state index contributed by atoms with van der Waals surface area (Å²) in [6.07, 6.45) is 0.467. The number of thioether (sulfide) groups is 1. The van der Waals surface area contributed by atoms with Crippen molar-refractivity contribution in [3.8, 4) is 0 Å². The zero-order valence-corrected chi connectivity index (χ0v) is 11.5. The minimum absolute atomic E-state index is 0.0407. The molecule has 2 heterocycles. The van der Waals surface area contributed by atoms with E-state index in [1.165, 1.54) is 18.7 Å². The molecular formula is C12H13ClN2O2S. The number of carbonyl (C=O) groups is 2. The van der Waals surface area contributed by atoms with Crippen LogP contribution < -0.4 is 4.90 Å². The number of hydrogen-bond acceptors (Lipinski definition) is 4. The van der Waals surface area contributed by atoms with Gasteiger partial charge in [0.1, 0.15) is 11.0 Å². The molecule has 0 bridgehead atoms. The fourth-order valence-corrected chi connectivity index (χ4v) is 2.75. The number of pyridine rings is 1. The summed E-state index contributed by atoms with van der Waals surface area (Å²) in [4.78, 5) is 28.6. The van der Waals surface area contributed by atoms with E-state index in [0.29, 0.717) is 29.7 Å². The molecule has 1 aromatic rings. The molecule has 4 nitrogen and oxygen atoms in total. The average molecular weight is 285 g/mol. The summed E-state index contributed by atoms with van der Waals surface area (Å²) in [6.45, 7) is 2.14. The minimum atomic E-state index is 0.0407. The SMILES string of the molecule is CC(=O)SCC1CC(=O)N(c2cccc(Cl)n2)C1. The highest BCUT2D eigenvalue weighted by atomic mass is 35.5. The molecule has 1 saturated heterocycles. The van der Waals surface area contributed by atoms with Gasteiger partial charge in [0.2, 0.25) is 5.91 Å². The molecule has 1 aromatic heterocycles. The Bertz CT molecular complexity index is 481. The number of aromatic nitrogens is 1. The number of amides is 1. The molecule has 1 unspecified atom stereocenters. The molecule has 0 N–H and O–H groups in total. The Morgan fingerprint density at radius 1 is 1.61 bits per heavy atom. The van der Waals surface area contributed by atoms with E-state index in [0.717, 1.165) is 0 Å². The molecule has 96 valence electrons. The lowest BCUT2D eigenvalue weighted by Gasteiger charge is -2.15. The first-order valence-corrected chi connectivity index (χ1v) is 6.99. The maximum Gasteiger partial charge on any atom is 0.228 e. The van der Waals surface area contributed by atoms with Crippen molar-refractivity contribution in [2.45, 2.75) is 13.3 Å². The summed E-state index contributed by atoms with van der Waals surface area (Å²) < 4.78 is 0. The third-order valence-electron chi connectivity index (χ3n) is 2.70. The molecule has 0 aliphatic carbocycles. The summed E-state index contributed by atoms with van der Waals surface area (Å²) in [6, 6.07) is 5.22. The highest BCUT2D eigenvalue weighted by molar-refractivity contribution is 8.13. The Kier molecular flexibility index (Phi) is 4.24. The molecular weight excluding hydrogens is 272 g/mol. The summed E-state index contributed by atoms with van der Waals surface area (Å²) in [5.74, 6) is 1.51. The number of carbonyl (C=O) groups excluding carboxylic acids is 2. The van der Waals surface area contributed by atoms with Gasteiger partial charge in [-0.1, -0.05) is 29.4 Å². The lowest BCUT2D eigenvalue weighted by atomic mass is 10.1. The topological polar surface area (TPSA) is 50.3 Å². The fraction of sp³-hybridized carbons (Fsp3) is 0.417. The van der Waals surface area contributed by atoms with Crippen LogP contribution in [-0.4, -0.2) is 28.3 Å². The predicted octanol–water partition coefficient (Wildman–Crippen LogP) is 2.37. The van der Waals surface area contributed by atoms with Gasteiger partial charge in [-0.15, -0.1) is 0 Å². The highest BCUT2D eigenvalue weighted by Crippen LogP contribution is 2.26. The van der Waals surface area contributed by atoms with Crippen LogP contribution >= 0.6 is 23.4 Å². The largest absolute Gasteiger partial charge is 0.296 e. The van der Waals surface area contributed by atoms with Crippen molar-refractivity contribution in [2.24, 2.45) is 5.92 Å². The Morgan fingerprint density at radius 3 is 3.06 bits per heavy atom. The van der Waals surface area contributed by atoms with E-state index in [1.54, 1.807) is 23.1 Å². The van der Waals surface area contributed by atoms with Gasteiger partial charge in [-0.2, -0.15) is 0 Å². The molecule has 1 amide bonds. The Labute approximate surface area is 115 Å². The van der Waals surface area contributed by atoms with Gasteiger partial charge in [-0.3, -0.25) is 14.5 Å². The van der Waals surface area contributed by atoms with Crippen molar-refractivity contribution in [2.75, 3.05) is 17.2 Å². The summed E-state index contributed by atoms with van der Waals surface area (Å²) >= 11 is 7.08. The van der Waals surface area contributed by atoms with Crippen molar-refractivity contribution in [3.05, 3.63) is 23.4 Å². The zero-order valence-electron chi connectivity index (χ0n) is 9.93. The highest BCUT2D eigenvalue weighted by Gasteiger charge is 2.31. The molecule has 0 saturated carbocycles. The smallest absolute Gasteiger partial charge is 0.228 e. The summed E-state index contributed by atoms with van der Waals surface area (Å²) in [7, 11) is 0. The van der Waals surface area contributed by atoms with E-state index in [1.807, 2.05) is 0 Å². The molecule has 0 spiro atoms. The van der Waals surface area contributed by atoms with Crippen molar-refractivity contribution in [3.63, 3.8) is 0 Å². The predicted molar refractivity (Wildman–Crippen MR) is 72.8 cm³/mol. The van der Waals surface area contributed by atoms with Gasteiger partial charge >= 0.3 is 0 Å². The van der Waals surface area contributed by atoms with Crippen LogP contribution in [0.2, 0.25) is 5.15 Å². The average Bonchev–Trinajstić information content (AvgIpc) is 2.68. The third kappa shape index (κ3) is 3.23.